The van der Waals surface area contributed by atoms with Crippen LogP contribution in [0.15, 0.2) is 72.8 Å². The van der Waals surface area contributed by atoms with E-state index >= 15 is 0 Å². The Kier molecular flexibility index (Phi) is 11.6. The van der Waals surface area contributed by atoms with E-state index in [1.54, 1.807) is 23.1 Å². The molecule has 0 spiro atoms. The average Bonchev–Trinajstić information content (AvgIpc) is 2.92. The molecule has 3 rings (SSSR count). The van der Waals surface area contributed by atoms with E-state index < -0.39 is 29.7 Å². The number of hydrogen-bond donors (Lipinski definition) is 3. The fraction of sp³-hybridized carbons (Fsp3) is 0.355. The largest absolute Gasteiger partial charge is 0.390 e. The third kappa shape index (κ3) is 9.26. The van der Waals surface area contributed by atoms with Gasteiger partial charge in [0.25, 0.3) is 11.8 Å². The van der Waals surface area contributed by atoms with Gasteiger partial charge in [0.05, 0.1) is 12.1 Å². The van der Waals surface area contributed by atoms with Gasteiger partial charge in [0, 0.05) is 43.4 Å². The van der Waals surface area contributed by atoms with Crippen molar-refractivity contribution in [2.75, 3.05) is 19.6 Å². The van der Waals surface area contributed by atoms with Crippen molar-refractivity contribution in [3.05, 3.63) is 107 Å². The first kappa shape index (κ1) is 29.9. The lowest BCUT2D eigenvalue weighted by molar-refractivity contribution is 0.0755. The lowest BCUT2D eigenvalue weighted by atomic mass is 9.99. The predicted molar refractivity (Wildman–Crippen MR) is 148 cm³/mol. The number of aliphatic hydroxyl groups is 1. The van der Waals surface area contributed by atoms with Crippen LogP contribution in [0.3, 0.4) is 0 Å². The van der Waals surface area contributed by atoms with Gasteiger partial charge in [-0.1, -0.05) is 50.2 Å². The Hall–Kier alpha value is -3.62. The van der Waals surface area contributed by atoms with Crippen LogP contribution in [0, 0.1) is 11.6 Å². The molecular formula is C31H37F2N3O3. The molecule has 0 aromatic heterocycles. The van der Waals surface area contributed by atoms with E-state index in [2.05, 4.69) is 10.6 Å². The number of amides is 2. The fourth-order valence-electron chi connectivity index (χ4n) is 4.45. The maximum absolute atomic E-state index is 13.9. The van der Waals surface area contributed by atoms with Crippen molar-refractivity contribution in [3.63, 3.8) is 0 Å². The highest BCUT2D eigenvalue weighted by Crippen LogP contribution is 2.14. The summed E-state index contributed by atoms with van der Waals surface area (Å²) in [5, 5.41) is 17.0. The standard InChI is InChI=1S/C31H37F2N3O3/c1-3-13-36(14-4-2)31(39)25-12-8-11-24(18-25)30(38)35-28(17-23-15-26(32)19-27(33)16-23)29(37)21-34-20-22-9-6-5-7-10-22/h5-12,15-16,18-19,28-29,34,37H,3-4,13-14,17,20-21H2,1-2H3,(H,35,38). The van der Waals surface area contributed by atoms with Crippen LogP contribution < -0.4 is 10.6 Å². The molecule has 2 atom stereocenters. The maximum Gasteiger partial charge on any atom is 0.253 e. The van der Waals surface area contributed by atoms with Crippen molar-refractivity contribution >= 4 is 11.8 Å². The number of carbonyl (C=O) groups excluding carboxylic acids is 2. The van der Waals surface area contributed by atoms with Crippen molar-refractivity contribution in [2.45, 2.75) is 51.8 Å². The molecule has 3 aromatic carbocycles. The topological polar surface area (TPSA) is 81.7 Å². The van der Waals surface area contributed by atoms with Gasteiger partial charge >= 0.3 is 0 Å². The molecule has 0 bridgehead atoms. The first-order valence-electron chi connectivity index (χ1n) is 13.4. The van der Waals surface area contributed by atoms with E-state index in [1.165, 1.54) is 18.2 Å². The zero-order chi connectivity index (χ0) is 28.2. The van der Waals surface area contributed by atoms with Crippen LogP contribution in [-0.4, -0.2) is 53.6 Å². The Morgan fingerprint density at radius 1 is 0.846 bits per heavy atom. The van der Waals surface area contributed by atoms with Crippen molar-refractivity contribution in [2.24, 2.45) is 0 Å². The smallest absolute Gasteiger partial charge is 0.253 e. The van der Waals surface area contributed by atoms with Crippen molar-refractivity contribution in [1.82, 2.24) is 15.5 Å². The fourth-order valence-corrected chi connectivity index (χ4v) is 4.45. The Balaban J connectivity index is 1.76. The molecule has 6 nitrogen and oxygen atoms in total. The van der Waals surface area contributed by atoms with Crippen LogP contribution in [0.1, 0.15) is 58.5 Å². The molecule has 2 amide bonds. The van der Waals surface area contributed by atoms with Gasteiger partial charge in [0.2, 0.25) is 0 Å². The first-order valence-corrected chi connectivity index (χ1v) is 13.4. The monoisotopic (exact) mass is 537 g/mol. The second kappa shape index (κ2) is 15.1. The zero-order valence-electron chi connectivity index (χ0n) is 22.5. The molecule has 0 radical (unpaired) electrons. The third-order valence-electron chi connectivity index (χ3n) is 6.33. The van der Waals surface area contributed by atoms with Gasteiger partial charge in [0.1, 0.15) is 11.6 Å². The summed E-state index contributed by atoms with van der Waals surface area (Å²) >= 11 is 0. The highest BCUT2D eigenvalue weighted by atomic mass is 19.1. The van der Waals surface area contributed by atoms with Gasteiger partial charge in [-0.2, -0.15) is 0 Å². The normalized spacial score (nSPS) is 12.5. The van der Waals surface area contributed by atoms with Crippen LogP contribution in [0.2, 0.25) is 0 Å². The van der Waals surface area contributed by atoms with Crippen molar-refractivity contribution in [1.29, 1.82) is 0 Å². The first-order chi connectivity index (χ1) is 18.8. The predicted octanol–water partition coefficient (Wildman–Crippen LogP) is 4.72. The molecule has 8 heteroatoms. The minimum absolute atomic E-state index is 0.00794. The van der Waals surface area contributed by atoms with E-state index in [4.69, 9.17) is 0 Å². The summed E-state index contributed by atoms with van der Waals surface area (Å²) < 4.78 is 27.7. The third-order valence-corrected chi connectivity index (χ3v) is 6.33. The van der Waals surface area contributed by atoms with Crippen LogP contribution in [0.5, 0.6) is 0 Å². The number of benzene rings is 3. The molecule has 0 heterocycles. The zero-order valence-corrected chi connectivity index (χ0v) is 22.5. The van der Waals surface area contributed by atoms with E-state index in [0.717, 1.165) is 24.5 Å². The number of nitrogens with one attached hydrogen (secondary N) is 2. The summed E-state index contributed by atoms with van der Waals surface area (Å²) in [5.41, 5.74) is 1.99. The number of aliphatic hydroxyl groups excluding tert-OH is 1. The van der Waals surface area contributed by atoms with Gasteiger partial charge < -0.3 is 20.6 Å². The van der Waals surface area contributed by atoms with E-state index in [-0.39, 0.29) is 24.4 Å². The summed E-state index contributed by atoms with van der Waals surface area (Å²) in [6, 6.07) is 18.4. The number of hydrogen-bond acceptors (Lipinski definition) is 4. The summed E-state index contributed by atoms with van der Waals surface area (Å²) in [4.78, 5) is 28.1. The molecule has 208 valence electrons. The van der Waals surface area contributed by atoms with Gasteiger partial charge in [-0.25, -0.2) is 8.78 Å². The minimum Gasteiger partial charge on any atom is -0.390 e. The average molecular weight is 538 g/mol. The number of nitrogens with zero attached hydrogens (tertiary/aromatic N) is 1. The molecule has 0 fully saturated rings. The van der Waals surface area contributed by atoms with Crippen molar-refractivity contribution in [3.8, 4) is 0 Å². The number of rotatable bonds is 14. The second-order valence-corrected chi connectivity index (χ2v) is 9.62. The van der Waals surface area contributed by atoms with Crippen LogP contribution >= 0.6 is 0 Å². The highest BCUT2D eigenvalue weighted by molar-refractivity contribution is 5.99. The van der Waals surface area contributed by atoms with E-state index in [0.29, 0.717) is 30.8 Å². The Morgan fingerprint density at radius 2 is 1.49 bits per heavy atom. The van der Waals surface area contributed by atoms with Crippen LogP contribution in [-0.2, 0) is 13.0 Å². The lowest BCUT2D eigenvalue weighted by Crippen LogP contribution is -2.48. The van der Waals surface area contributed by atoms with Gasteiger partial charge in [-0.15, -0.1) is 0 Å². The molecule has 0 saturated carbocycles. The van der Waals surface area contributed by atoms with Gasteiger partial charge in [0.15, 0.2) is 0 Å². The van der Waals surface area contributed by atoms with E-state index in [1.807, 2.05) is 44.2 Å². The lowest BCUT2D eigenvalue weighted by Gasteiger charge is -2.25. The van der Waals surface area contributed by atoms with Crippen molar-refractivity contribution < 1.29 is 23.5 Å². The molecular weight excluding hydrogens is 500 g/mol. The van der Waals surface area contributed by atoms with Crippen LogP contribution in [0.4, 0.5) is 8.78 Å². The summed E-state index contributed by atoms with van der Waals surface area (Å²) in [7, 11) is 0. The molecule has 0 saturated heterocycles. The number of halogens is 2. The highest BCUT2D eigenvalue weighted by Gasteiger charge is 2.24. The summed E-state index contributed by atoms with van der Waals surface area (Å²) in [6.45, 7) is 5.90. The van der Waals surface area contributed by atoms with Gasteiger partial charge in [-0.3, -0.25) is 9.59 Å². The Bertz CT molecular complexity index is 1200. The Labute approximate surface area is 229 Å². The summed E-state index contributed by atoms with van der Waals surface area (Å²) in [5.74, 6) is -2.11. The molecule has 2 unspecified atom stereocenters. The molecule has 3 N–H and O–H groups in total. The molecule has 0 aliphatic rings. The molecule has 39 heavy (non-hydrogen) atoms. The second-order valence-electron chi connectivity index (χ2n) is 9.62. The van der Waals surface area contributed by atoms with E-state index in [9.17, 15) is 23.5 Å². The Morgan fingerprint density at radius 3 is 2.13 bits per heavy atom. The molecule has 0 aliphatic heterocycles. The van der Waals surface area contributed by atoms with Gasteiger partial charge in [-0.05, 0) is 60.7 Å². The molecule has 0 aliphatic carbocycles. The molecule has 3 aromatic rings. The number of carbonyl (C=O) groups is 2. The van der Waals surface area contributed by atoms with Crippen LogP contribution in [0.25, 0.3) is 0 Å². The SMILES string of the molecule is CCCN(CCC)C(=O)c1cccc(C(=O)NC(Cc2cc(F)cc(F)c2)C(O)CNCc2ccccc2)c1. The maximum atomic E-state index is 13.9. The summed E-state index contributed by atoms with van der Waals surface area (Å²) in [6.07, 6.45) is 0.599. The quantitative estimate of drug-likeness (QED) is 0.278. The minimum atomic E-state index is -1.06.